The van der Waals surface area contributed by atoms with Crippen molar-refractivity contribution in [3.8, 4) is 0 Å². The molecule has 376 valence electrons. The van der Waals surface area contributed by atoms with Gasteiger partial charge in [0.05, 0.1) is 49.5 Å². The Kier molecular flexibility index (Phi) is 9.28. The van der Waals surface area contributed by atoms with Gasteiger partial charge in [-0.2, -0.15) is 0 Å². The number of nitrogens with zero attached hydrogens (tertiary/aromatic N) is 3. The SMILES string of the molecule is C1=CC2=C3C(=CC=C4C=CC(n5c6cc(C7CCC(n8c9ccccc9c9ccccc98)S7)c7c8ccccc8sc7c6c6c7sc8ccccc8c7c(C7CCC(n8c9ccccc9c9ccccc98)S7)cc65)=C(C=C2)C43)C1. The number of thioether (sulfide) groups is 2. The first-order chi connectivity index (χ1) is 39.2. The first-order valence-electron chi connectivity index (χ1n) is 28.2. The van der Waals surface area contributed by atoms with E-state index in [-0.39, 0.29) is 5.92 Å². The smallest absolute Gasteiger partial charge is 0.0806 e. The normalized spacial score (nSPS) is 21.8. The maximum Gasteiger partial charge on any atom is 0.0806 e. The van der Waals surface area contributed by atoms with Gasteiger partial charge in [0.1, 0.15) is 0 Å². The molecule has 2 saturated heterocycles. The van der Waals surface area contributed by atoms with E-state index < -0.39 is 0 Å². The molecule has 4 aliphatic carbocycles. The van der Waals surface area contributed by atoms with Crippen LogP contribution in [0.5, 0.6) is 0 Å². The molecule has 19 rings (SSSR count). The molecule has 0 saturated carbocycles. The van der Waals surface area contributed by atoms with E-state index in [2.05, 4.69) is 244 Å². The van der Waals surface area contributed by atoms with Crippen LogP contribution in [0.3, 0.4) is 0 Å². The number of allylic oxidation sites excluding steroid dienone is 14. The number of para-hydroxylation sites is 4. The number of fused-ring (bicyclic) bond motifs is 17. The van der Waals surface area contributed by atoms with Crippen molar-refractivity contribution in [2.24, 2.45) is 5.92 Å². The summed E-state index contributed by atoms with van der Waals surface area (Å²) in [6.07, 6.45) is 24.8. The van der Waals surface area contributed by atoms with Gasteiger partial charge in [-0.3, -0.25) is 0 Å². The van der Waals surface area contributed by atoms with Crippen molar-refractivity contribution >= 4 is 158 Å². The van der Waals surface area contributed by atoms with Gasteiger partial charge in [-0.25, -0.2) is 0 Å². The van der Waals surface area contributed by atoms with Crippen molar-refractivity contribution in [2.45, 2.75) is 53.4 Å². The van der Waals surface area contributed by atoms with Gasteiger partial charge in [0.15, 0.2) is 0 Å². The Balaban J connectivity index is 0.891. The van der Waals surface area contributed by atoms with Crippen molar-refractivity contribution < 1.29 is 0 Å². The van der Waals surface area contributed by atoms with Crippen LogP contribution in [0.4, 0.5) is 0 Å². The van der Waals surface area contributed by atoms with Gasteiger partial charge < -0.3 is 13.7 Å². The average Bonchev–Trinajstić information content (AvgIpc) is 4.57. The second kappa shape index (κ2) is 16.5. The summed E-state index contributed by atoms with van der Waals surface area (Å²) in [7, 11) is 0. The van der Waals surface area contributed by atoms with E-state index in [9.17, 15) is 0 Å². The quantitative estimate of drug-likeness (QED) is 0.171. The van der Waals surface area contributed by atoms with Gasteiger partial charge in [0.2, 0.25) is 0 Å². The van der Waals surface area contributed by atoms with Crippen molar-refractivity contribution in [1.29, 1.82) is 0 Å². The fourth-order valence-corrected chi connectivity index (χ4v) is 21.2. The van der Waals surface area contributed by atoms with Gasteiger partial charge in [-0.15, -0.1) is 46.2 Å². The first kappa shape index (κ1) is 44.3. The van der Waals surface area contributed by atoms with E-state index >= 15 is 0 Å². The fourth-order valence-electron chi connectivity index (χ4n) is 15.5. The maximum absolute atomic E-state index is 2.79. The van der Waals surface area contributed by atoms with Gasteiger partial charge in [0.25, 0.3) is 0 Å². The van der Waals surface area contributed by atoms with Crippen LogP contribution >= 0.6 is 46.2 Å². The van der Waals surface area contributed by atoms with Gasteiger partial charge in [0, 0.05) is 89.1 Å². The molecule has 0 N–H and O–H groups in total. The monoisotopic (exact) mass is 1080 g/mol. The molecule has 2 aliphatic heterocycles. The Bertz CT molecular complexity index is 4790. The predicted octanol–water partition coefficient (Wildman–Crippen LogP) is 21.4. The molecule has 5 atom stereocenters. The van der Waals surface area contributed by atoms with Crippen molar-refractivity contribution in [3.05, 3.63) is 245 Å². The molecule has 7 heterocycles. The van der Waals surface area contributed by atoms with Crippen molar-refractivity contribution in [1.82, 2.24) is 13.7 Å². The summed E-state index contributed by atoms with van der Waals surface area (Å²) in [5.41, 5.74) is 19.4. The molecule has 2 fully saturated rings. The van der Waals surface area contributed by atoms with E-state index in [1.54, 1.807) is 0 Å². The summed E-state index contributed by atoms with van der Waals surface area (Å²) < 4.78 is 13.7. The highest BCUT2D eigenvalue weighted by Gasteiger charge is 2.39. The first-order valence-corrected chi connectivity index (χ1v) is 31.7. The summed E-state index contributed by atoms with van der Waals surface area (Å²) in [4.78, 5) is 0. The molecule has 3 nitrogen and oxygen atoms in total. The summed E-state index contributed by atoms with van der Waals surface area (Å²) in [5.74, 6) is 0.201. The lowest BCUT2D eigenvalue weighted by Gasteiger charge is -2.37. The maximum atomic E-state index is 2.79. The van der Waals surface area contributed by atoms with E-state index in [0.29, 0.717) is 21.2 Å². The summed E-state index contributed by atoms with van der Waals surface area (Å²) in [6, 6.07) is 60.4. The lowest BCUT2D eigenvalue weighted by atomic mass is 9.68. The molecule has 5 unspecified atom stereocenters. The molecule has 7 heteroatoms. The largest absolute Gasteiger partial charge is 0.328 e. The molecule has 0 spiro atoms. The molecule has 79 heavy (non-hydrogen) atoms. The molecule has 8 aromatic carbocycles. The van der Waals surface area contributed by atoms with Crippen LogP contribution in [0, 0.1) is 5.92 Å². The predicted molar refractivity (Wildman–Crippen MR) is 343 cm³/mol. The van der Waals surface area contributed by atoms with Crippen LogP contribution in [0.1, 0.15) is 64.5 Å². The topological polar surface area (TPSA) is 14.8 Å². The zero-order valence-corrected chi connectivity index (χ0v) is 46.3. The number of rotatable bonds is 5. The second-order valence-electron chi connectivity index (χ2n) is 22.6. The molecular weight excluding hydrogens is 1040 g/mol. The number of thiophene rings is 2. The molecule has 13 aromatic rings. The summed E-state index contributed by atoms with van der Waals surface area (Å²) in [5, 5.41) is 15.2. The Morgan fingerprint density at radius 2 is 0.899 bits per heavy atom. The number of benzene rings is 8. The van der Waals surface area contributed by atoms with Crippen LogP contribution in [0.25, 0.3) is 111 Å². The average molecular weight is 1080 g/mol. The van der Waals surface area contributed by atoms with E-state index in [4.69, 9.17) is 0 Å². The Morgan fingerprint density at radius 3 is 1.42 bits per heavy atom. The summed E-state index contributed by atoms with van der Waals surface area (Å²) in [6.45, 7) is 0. The highest BCUT2D eigenvalue weighted by atomic mass is 32.2. The Labute approximate surface area is 472 Å². The molecule has 6 aliphatic rings. The van der Waals surface area contributed by atoms with E-state index in [1.165, 1.54) is 150 Å². The molecule has 0 radical (unpaired) electrons. The lowest BCUT2D eigenvalue weighted by molar-refractivity contribution is 0.660. The lowest BCUT2D eigenvalue weighted by Crippen LogP contribution is -2.23. The zero-order valence-electron chi connectivity index (χ0n) is 43.0. The van der Waals surface area contributed by atoms with Crippen molar-refractivity contribution in [2.75, 3.05) is 0 Å². The van der Waals surface area contributed by atoms with Crippen LogP contribution in [0.2, 0.25) is 0 Å². The molecule has 0 amide bonds. The third-order valence-corrected chi connectivity index (χ3v) is 24.2. The highest BCUT2D eigenvalue weighted by molar-refractivity contribution is 8.00. The number of aromatic nitrogens is 3. The highest BCUT2D eigenvalue weighted by Crippen LogP contribution is 2.61. The minimum Gasteiger partial charge on any atom is -0.328 e. The van der Waals surface area contributed by atoms with Gasteiger partial charge in [-0.05, 0) is 126 Å². The Morgan fingerprint density at radius 1 is 0.418 bits per heavy atom. The molecular formula is C72H49N3S4. The summed E-state index contributed by atoms with van der Waals surface area (Å²) >= 11 is 8.43. The minimum atomic E-state index is 0.201. The Hall–Kier alpha value is -7.52. The third kappa shape index (κ3) is 6.06. The van der Waals surface area contributed by atoms with Crippen LogP contribution in [0.15, 0.2) is 234 Å². The third-order valence-electron chi connectivity index (χ3n) is 18.7. The molecule has 5 aromatic heterocycles. The van der Waals surface area contributed by atoms with Crippen molar-refractivity contribution in [3.63, 3.8) is 0 Å². The van der Waals surface area contributed by atoms with Crippen LogP contribution in [-0.2, 0) is 0 Å². The van der Waals surface area contributed by atoms with E-state index in [1.807, 2.05) is 22.7 Å². The zero-order chi connectivity index (χ0) is 51.2. The fraction of sp³-hybridized carbons (Fsp3) is 0.139. The second-order valence-corrected chi connectivity index (χ2v) is 27.4. The number of hydrogen-bond acceptors (Lipinski definition) is 4. The molecule has 0 bridgehead atoms. The minimum absolute atomic E-state index is 0.201. The van der Waals surface area contributed by atoms with Crippen LogP contribution < -0.4 is 0 Å². The van der Waals surface area contributed by atoms with Crippen LogP contribution in [-0.4, -0.2) is 13.7 Å². The van der Waals surface area contributed by atoms with E-state index in [0.717, 1.165) is 32.1 Å². The standard InChI is InChI=1S/C72H49N3S4/c1-7-22-52-43(16-1)44-17-2-8-23-53(44)74(52)63-36-34-61(76-63)50-38-57-69(71-67(50)48-20-5-11-26-59(48)78-71)70-58(73(57)56-33-31-42-29-28-40-14-13-15-41-30-32-47(56)66(42)65(40)41)39-51(68-49-21-6-12-27-60(49)79-72(68)70)62-35-37-64(77-62)75-54-24-9-3-18-45(54)46-19-4-10-25-55(46)75/h1-13,15-33,38-39,61-64,66H,14,34-37H2. The van der Waals surface area contributed by atoms with Gasteiger partial charge in [-0.1, -0.05) is 152 Å². The van der Waals surface area contributed by atoms with Gasteiger partial charge >= 0.3 is 0 Å². The number of hydrogen-bond donors (Lipinski definition) is 0.